The summed E-state index contributed by atoms with van der Waals surface area (Å²) < 4.78 is 5.09. The number of carbonyl (C=O) groups is 1. The molecule has 0 saturated carbocycles. The van der Waals surface area contributed by atoms with E-state index in [-0.39, 0.29) is 5.91 Å². The van der Waals surface area contributed by atoms with Crippen molar-refractivity contribution in [3.8, 4) is 0 Å². The second-order valence-electron chi connectivity index (χ2n) is 3.94. The molecule has 0 aliphatic carbocycles. The Morgan fingerprint density at radius 3 is 2.95 bits per heavy atom. The van der Waals surface area contributed by atoms with E-state index in [9.17, 15) is 4.79 Å². The second-order valence-corrected chi connectivity index (χ2v) is 3.94. The second kappa shape index (κ2) is 4.81. The molecule has 0 fully saturated rings. The summed E-state index contributed by atoms with van der Waals surface area (Å²) in [6.45, 7) is 0. The molecular weight excluding hydrogens is 242 g/mol. The van der Waals surface area contributed by atoms with Crippen molar-refractivity contribution in [1.29, 1.82) is 0 Å². The summed E-state index contributed by atoms with van der Waals surface area (Å²) >= 11 is 0. The van der Waals surface area contributed by atoms with Crippen LogP contribution in [0.2, 0.25) is 0 Å². The third-order valence-corrected chi connectivity index (χ3v) is 2.57. The Morgan fingerprint density at radius 2 is 2.16 bits per heavy atom. The van der Waals surface area contributed by atoms with Crippen LogP contribution in [0.4, 0.5) is 5.95 Å². The average Bonchev–Trinajstić information content (AvgIpc) is 3.04. The summed E-state index contributed by atoms with van der Waals surface area (Å²) in [5.74, 6) is 0.783. The van der Waals surface area contributed by atoms with Crippen molar-refractivity contribution in [2.24, 2.45) is 0 Å². The number of H-pyrrole nitrogens is 1. The Bertz CT molecular complexity index is 693. The molecule has 94 valence electrons. The number of anilines is 1. The highest BCUT2D eigenvalue weighted by atomic mass is 16.3. The van der Waals surface area contributed by atoms with E-state index in [1.54, 1.807) is 24.5 Å². The van der Waals surface area contributed by atoms with Gasteiger partial charge in [0, 0.05) is 6.08 Å². The van der Waals surface area contributed by atoms with Crippen LogP contribution in [0.3, 0.4) is 0 Å². The molecule has 0 atom stereocenters. The number of nitrogens with zero attached hydrogens (tertiary/aromatic N) is 1. The monoisotopic (exact) mass is 253 g/mol. The first kappa shape index (κ1) is 11.3. The van der Waals surface area contributed by atoms with Gasteiger partial charge in [-0.25, -0.2) is 4.98 Å². The zero-order valence-corrected chi connectivity index (χ0v) is 9.96. The molecule has 3 aromatic rings. The third kappa shape index (κ3) is 2.55. The highest BCUT2D eigenvalue weighted by Gasteiger charge is 2.03. The Labute approximate surface area is 109 Å². The fourth-order valence-electron chi connectivity index (χ4n) is 1.71. The molecule has 19 heavy (non-hydrogen) atoms. The van der Waals surface area contributed by atoms with E-state index in [1.165, 1.54) is 6.08 Å². The molecule has 3 rings (SSSR count). The fraction of sp³-hybridized carbons (Fsp3) is 0. The molecule has 0 saturated heterocycles. The summed E-state index contributed by atoms with van der Waals surface area (Å²) in [5.41, 5.74) is 1.70. The quantitative estimate of drug-likeness (QED) is 0.705. The van der Waals surface area contributed by atoms with Crippen molar-refractivity contribution in [1.82, 2.24) is 9.97 Å². The van der Waals surface area contributed by atoms with Crippen molar-refractivity contribution in [2.45, 2.75) is 0 Å². The van der Waals surface area contributed by atoms with Gasteiger partial charge in [-0.05, 0) is 30.3 Å². The van der Waals surface area contributed by atoms with Gasteiger partial charge in [-0.1, -0.05) is 12.1 Å². The minimum atomic E-state index is -0.268. The number of benzene rings is 1. The zero-order valence-electron chi connectivity index (χ0n) is 9.96. The first-order valence-corrected chi connectivity index (χ1v) is 5.78. The molecule has 0 aliphatic heterocycles. The largest absolute Gasteiger partial charge is 0.465 e. The van der Waals surface area contributed by atoms with Gasteiger partial charge < -0.3 is 9.40 Å². The number of carbonyl (C=O) groups excluding carboxylic acids is 1. The van der Waals surface area contributed by atoms with E-state index < -0.39 is 0 Å². The van der Waals surface area contributed by atoms with Gasteiger partial charge in [0.1, 0.15) is 5.76 Å². The number of hydrogen-bond donors (Lipinski definition) is 2. The fourth-order valence-corrected chi connectivity index (χ4v) is 1.71. The standard InChI is InChI=1S/C14H11N3O2/c18-13(8-7-10-4-3-9-19-10)17-14-15-11-5-1-2-6-12(11)16-14/h1-9H,(H2,15,16,17,18). The number of furan rings is 1. The molecule has 1 aromatic carbocycles. The predicted octanol–water partition coefficient (Wildman–Crippen LogP) is 2.81. The number of aromatic nitrogens is 2. The van der Waals surface area contributed by atoms with Crippen LogP contribution < -0.4 is 5.32 Å². The molecule has 2 heterocycles. The molecule has 5 heteroatoms. The van der Waals surface area contributed by atoms with Crippen LogP contribution in [0.1, 0.15) is 5.76 Å². The van der Waals surface area contributed by atoms with Gasteiger partial charge in [0.05, 0.1) is 17.3 Å². The SMILES string of the molecule is O=C(C=Cc1ccco1)Nc1nc2ccccc2[nH]1. The number of nitrogens with one attached hydrogen (secondary N) is 2. The lowest BCUT2D eigenvalue weighted by Crippen LogP contribution is -2.08. The number of aromatic amines is 1. The molecule has 0 bridgehead atoms. The van der Waals surface area contributed by atoms with E-state index in [1.807, 2.05) is 24.3 Å². The molecule has 0 spiro atoms. The lowest BCUT2D eigenvalue weighted by Gasteiger charge is -1.94. The highest BCUT2D eigenvalue weighted by molar-refractivity contribution is 6.01. The van der Waals surface area contributed by atoms with Gasteiger partial charge in [0.15, 0.2) is 0 Å². The lowest BCUT2D eigenvalue weighted by molar-refractivity contribution is -0.111. The van der Waals surface area contributed by atoms with E-state index in [4.69, 9.17) is 4.42 Å². The number of fused-ring (bicyclic) bond motifs is 1. The molecule has 0 aliphatic rings. The van der Waals surface area contributed by atoms with Crippen LogP contribution in [-0.2, 0) is 4.79 Å². The van der Waals surface area contributed by atoms with Crippen LogP contribution >= 0.6 is 0 Å². The maximum absolute atomic E-state index is 11.7. The van der Waals surface area contributed by atoms with Crippen LogP contribution in [0, 0.1) is 0 Å². The molecule has 0 radical (unpaired) electrons. The normalized spacial score (nSPS) is 11.2. The Kier molecular flexibility index (Phi) is 2.86. The van der Waals surface area contributed by atoms with E-state index in [0.29, 0.717) is 11.7 Å². The Morgan fingerprint density at radius 1 is 1.26 bits per heavy atom. The van der Waals surface area contributed by atoms with Gasteiger partial charge in [0.2, 0.25) is 5.95 Å². The lowest BCUT2D eigenvalue weighted by atomic mass is 10.3. The van der Waals surface area contributed by atoms with Crippen molar-refractivity contribution in [3.63, 3.8) is 0 Å². The number of amides is 1. The number of para-hydroxylation sites is 2. The highest BCUT2D eigenvalue weighted by Crippen LogP contribution is 2.13. The number of rotatable bonds is 3. The molecule has 2 N–H and O–H groups in total. The number of hydrogen-bond acceptors (Lipinski definition) is 3. The average molecular weight is 253 g/mol. The van der Waals surface area contributed by atoms with Crippen LogP contribution in [0.5, 0.6) is 0 Å². The smallest absolute Gasteiger partial charge is 0.250 e. The van der Waals surface area contributed by atoms with Crippen LogP contribution in [0.25, 0.3) is 17.1 Å². The molecule has 1 amide bonds. The van der Waals surface area contributed by atoms with Gasteiger partial charge in [0.25, 0.3) is 5.91 Å². The predicted molar refractivity (Wildman–Crippen MR) is 72.5 cm³/mol. The van der Waals surface area contributed by atoms with Gasteiger partial charge in [-0.3, -0.25) is 10.1 Å². The summed E-state index contributed by atoms with van der Waals surface area (Å²) in [4.78, 5) is 19.0. The van der Waals surface area contributed by atoms with Crippen molar-refractivity contribution >= 4 is 29.0 Å². The minimum Gasteiger partial charge on any atom is -0.465 e. The van der Waals surface area contributed by atoms with Crippen molar-refractivity contribution < 1.29 is 9.21 Å². The summed E-state index contributed by atoms with van der Waals surface area (Å²) in [5, 5.41) is 2.66. The molecular formula is C14H11N3O2. The first-order valence-electron chi connectivity index (χ1n) is 5.78. The summed E-state index contributed by atoms with van der Waals surface area (Å²) in [6.07, 6.45) is 4.54. The Balaban J connectivity index is 1.72. The topological polar surface area (TPSA) is 70.9 Å². The molecule has 5 nitrogen and oxygen atoms in total. The van der Waals surface area contributed by atoms with E-state index in [0.717, 1.165) is 11.0 Å². The van der Waals surface area contributed by atoms with Gasteiger partial charge in [-0.2, -0.15) is 0 Å². The van der Waals surface area contributed by atoms with Gasteiger partial charge in [-0.15, -0.1) is 0 Å². The Hall–Kier alpha value is -2.82. The van der Waals surface area contributed by atoms with Crippen LogP contribution in [0.15, 0.2) is 53.2 Å². The van der Waals surface area contributed by atoms with Crippen molar-refractivity contribution in [2.75, 3.05) is 5.32 Å². The number of imidazole rings is 1. The molecule has 2 aromatic heterocycles. The summed E-state index contributed by atoms with van der Waals surface area (Å²) in [6, 6.07) is 11.1. The zero-order chi connectivity index (χ0) is 13.1. The van der Waals surface area contributed by atoms with Gasteiger partial charge >= 0.3 is 0 Å². The first-order chi connectivity index (χ1) is 9.31. The minimum absolute atomic E-state index is 0.268. The van der Waals surface area contributed by atoms with E-state index >= 15 is 0 Å². The third-order valence-electron chi connectivity index (χ3n) is 2.57. The maximum Gasteiger partial charge on any atom is 0.250 e. The summed E-state index contributed by atoms with van der Waals surface area (Å²) in [7, 11) is 0. The maximum atomic E-state index is 11.7. The van der Waals surface area contributed by atoms with Crippen LogP contribution in [-0.4, -0.2) is 15.9 Å². The van der Waals surface area contributed by atoms with Crippen molar-refractivity contribution in [3.05, 3.63) is 54.5 Å². The molecule has 0 unspecified atom stereocenters. The van der Waals surface area contributed by atoms with E-state index in [2.05, 4.69) is 15.3 Å².